The van der Waals surface area contributed by atoms with Gasteiger partial charge in [0.15, 0.2) is 5.78 Å². The number of ketones is 1. The summed E-state index contributed by atoms with van der Waals surface area (Å²) >= 11 is 0. The number of hydrogen-bond donors (Lipinski definition) is 1. The Bertz CT molecular complexity index is 521. The summed E-state index contributed by atoms with van der Waals surface area (Å²) in [4.78, 5) is 32.0. The number of esters is 1. The fourth-order valence-electron chi connectivity index (χ4n) is 1.10. The van der Waals surface area contributed by atoms with Crippen LogP contribution in [0.2, 0.25) is 0 Å². The summed E-state index contributed by atoms with van der Waals surface area (Å²) < 4.78 is 90.7. The van der Waals surface area contributed by atoms with Crippen molar-refractivity contribution < 1.29 is 55.0 Å². The molecule has 0 aliphatic rings. The van der Waals surface area contributed by atoms with Gasteiger partial charge in [0.05, 0.1) is 6.42 Å². The Labute approximate surface area is 123 Å². The number of carboxylic acid groups (broad SMARTS) is 1. The minimum atomic E-state index is -6.74. The van der Waals surface area contributed by atoms with Gasteiger partial charge in [0.25, 0.3) is 0 Å². The lowest BCUT2D eigenvalue weighted by molar-refractivity contribution is -0.347. The molecule has 0 unspecified atom stereocenters. The van der Waals surface area contributed by atoms with Gasteiger partial charge in [-0.1, -0.05) is 0 Å². The molecule has 0 aliphatic carbocycles. The molecule has 0 heterocycles. The van der Waals surface area contributed by atoms with Gasteiger partial charge in [0, 0.05) is 12.5 Å². The summed E-state index contributed by atoms with van der Waals surface area (Å²) in [6.45, 7) is 0.817. The topological polar surface area (TPSA) is 80.7 Å². The fourth-order valence-corrected chi connectivity index (χ4v) is 1.10. The van der Waals surface area contributed by atoms with Crippen LogP contribution in [0.5, 0.6) is 0 Å². The minimum absolute atomic E-state index is 0.322. The number of alkyl halides is 7. The van der Waals surface area contributed by atoms with Crippen LogP contribution in [0.3, 0.4) is 0 Å². The lowest BCUT2D eigenvalue weighted by Crippen LogP contribution is -2.56. The van der Waals surface area contributed by atoms with Crippen molar-refractivity contribution in [3.8, 4) is 0 Å². The molecule has 0 rings (SSSR count). The summed E-state index contributed by atoms with van der Waals surface area (Å²) in [5.41, 5.74) is 0. The van der Waals surface area contributed by atoms with E-state index in [0.717, 1.165) is 6.92 Å². The van der Waals surface area contributed by atoms with Crippen molar-refractivity contribution in [3.05, 3.63) is 11.8 Å². The monoisotopic (exact) mass is 354 g/mol. The van der Waals surface area contributed by atoms with Crippen LogP contribution in [-0.2, 0) is 19.1 Å². The second-order valence-corrected chi connectivity index (χ2v) is 4.15. The van der Waals surface area contributed by atoms with Crippen LogP contribution < -0.4 is 0 Å². The normalized spacial score (nSPS) is 13.7. The highest BCUT2D eigenvalue weighted by molar-refractivity contribution is 5.88. The Morgan fingerprint density at radius 2 is 1.48 bits per heavy atom. The molecule has 12 heteroatoms. The SMILES string of the molecule is CC(=O)/C=C(/CCC(=O)O)OC(=O)C(F)(F)C(F)(F)C(F)(F)F. The molecule has 0 aromatic heterocycles. The van der Waals surface area contributed by atoms with Crippen LogP contribution in [0.4, 0.5) is 30.7 Å². The van der Waals surface area contributed by atoms with Crippen molar-refractivity contribution in [1.82, 2.24) is 0 Å². The summed E-state index contributed by atoms with van der Waals surface area (Å²) in [6, 6.07) is 0. The summed E-state index contributed by atoms with van der Waals surface area (Å²) in [5, 5.41) is 8.36. The Kier molecular flexibility index (Phi) is 6.31. The van der Waals surface area contributed by atoms with E-state index in [0.29, 0.717) is 6.08 Å². The van der Waals surface area contributed by atoms with Gasteiger partial charge in [-0.2, -0.15) is 30.7 Å². The third-order valence-corrected chi connectivity index (χ3v) is 2.18. The van der Waals surface area contributed by atoms with Crippen molar-refractivity contribution in [1.29, 1.82) is 0 Å². The predicted octanol–water partition coefficient (Wildman–Crippen LogP) is 2.70. The summed E-state index contributed by atoms with van der Waals surface area (Å²) in [6.07, 6.45) is -8.12. The van der Waals surface area contributed by atoms with Crippen LogP contribution in [0.25, 0.3) is 0 Å². The molecule has 0 saturated heterocycles. The smallest absolute Gasteiger partial charge is 0.460 e. The highest BCUT2D eigenvalue weighted by atomic mass is 19.4. The van der Waals surface area contributed by atoms with Crippen LogP contribution in [-0.4, -0.2) is 40.8 Å². The number of hydrogen-bond acceptors (Lipinski definition) is 4. The molecule has 0 radical (unpaired) electrons. The quantitative estimate of drug-likeness (QED) is 0.329. The van der Waals surface area contributed by atoms with E-state index in [1.807, 2.05) is 0 Å². The largest absolute Gasteiger partial charge is 0.481 e. The van der Waals surface area contributed by atoms with E-state index in [9.17, 15) is 45.1 Å². The van der Waals surface area contributed by atoms with Gasteiger partial charge in [0.2, 0.25) is 0 Å². The molecule has 0 aromatic carbocycles. The Morgan fingerprint density at radius 1 is 1.00 bits per heavy atom. The maximum atomic E-state index is 13.0. The third-order valence-electron chi connectivity index (χ3n) is 2.18. The lowest BCUT2D eigenvalue weighted by atomic mass is 10.1. The first-order valence-corrected chi connectivity index (χ1v) is 5.60. The number of carboxylic acids is 1. The molecule has 0 aliphatic heterocycles. The number of allylic oxidation sites excluding steroid dienone is 2. The number of rotatable bonds is 7. The molecule has 0 atom stereocenters. The van der Waals surface area contributed by atoms with E-state index in [-0.39, 0.29) is 0 Å². The number of carbonyl (C=O) groups is 3. The molecular weight excluding hydrogens is 345 g/mol. The van der Waals surface area contributed by atoms with E-state index in [4.69, 9.17) is 5.11 Å². The number of halogens is 7. The molecule has 0 amide bonds. The van der Waals surface area contributed by atoms with Crippen LogP contribution >= 0.6 is 0 Å². The van der Waals surface area contributed by atoms with Gasteiger partial charge in [-0.3, -0.25) is 9.59 Å². The van der Waals surface area contributed by atoms with Crippen LogP contribution in [0.1, 0.15) is 19.8 Å². The summed E-state index contributed by atoms with van der Waals surface area (Å²) in [7, 11) is 0. The first-order valence-electron chi connectivity index (χ1n) is 5.60. The van der Waals surface area contributed by atoms with Crippen molar-refractivity contribution in [2.45, 2.75) is 37.8 Å². The zero-order valence-corrected chi connectivity index (χ0v) is 11.2. The Morgan fingerprint density at radius 3 is 1.83 bits per heavy atom. The zero-order valence-electron chi connectivity index (χ0n) is 11.2. The van der Waals surface area contributed by atoms with E-state index in [2.05, 4.69) is 4.74 Å². The van der Waals surface area contributed by atoms with E-state index >= 15 is 0 Å². The molecule has 0 saturated carbocycles. The maximum absolute atomic E-state index is 13.0. The second-order valence-electron chi connectivity index (χ2n) is 4.15. The van der Waals surface area contributed by atoms with Gasteiger partial charge < -0.3 is 9.84 Å². The average molecular weight is 354 g/mol. The van der Waals surface area contributed by atoms with Gasteiger partial charge in [-0.15, -0.1) is 0 Å². The van der Waals surface area contributed by atoms with Crippen LogP contribution in [0.15, 0.2) is 11.8 Å². The Balaban J connectivity index is 5.40. The second kappa shape index (κ2) is 6.96. The Hall–Kier alpha value is -2.14. The highest BCUT2D eigenvalue weighted by Crippen LogP contribution is 2.47. The molecule has 5 nitrogen and oxygen atoms in total. The maximum Gasteiger partial charge on any atom is 0.460 e. The lowest BCUT2D eigenvalue weighted by Gasteiger charge is -2.26. The van der Waals surface area contributed by atoms with Gasteiger partial charge in [-0.05, 0) is 6.92 Å². The summed E-state index contributed by atoms with van der Waals surface area (Å²) in [5.74, 6) is -19.8. The van der Waals surface area contributed by atoms with E-state index < -0.39 is 54.3 Å². The minimum Gasteiger partial charge on any atom is -0.481 e. The molecule has 1 N–H and O–H groups in total. The van der Waals surface area contributed by atoms with E-state index in [1.165, 1.54) is 0 Å². The molecule has 0 bridgehead atoms. The van der Waals surface area contributed by atoms with Crippen molar-refractivity contribution in [2.75, 3.05) is 0 Å². The van der Waals surface area contributed by atoms with Gasteiger partial charge in [0.1, 0.15) is 5.76 Å². The molecule has 0 spiro atoms. The van der Waals surface area contributed by atoms with Crippen molar-refractivity contribution in [2.24, 2.45) is 0 Å². The van der Waals surface area contributed by atoms with Gasteiger partial charge >= 0.3 is 30.0 Å². The molecule has 0 fully saturated rings. The molecule has 0 aromatic rings. The van der Waals surface area contributed by atoms with Gasteiger partial charge in [-0.25, -0.2) is 4.79 Å². The van der Waals surface area contributed by atoms with Crippen molar-refractivity contribution >= 4 is 17.7 Å². The zero-order chi connectivity index (χ0) is 18.6. The molecule has 23 heavy (non-hydrogen) atoms. The number of ether oxygens (including phenoxy) is 1. The highest BCUT2D eigenvalue weighted by Gasteiger charge is 2.77. The number of carbonyl (C=O) groups excluding carboxylic acids is 2. The number of aliphatic carboxylic acids is 1. The molecule has 132 valence electrons. The fraction of sp³-hybridized carbons (Fsp3) is 0.545. The van der Waals surface area contributed by atoms with Crippen molar-refractivity contribution in [3.63, 3.8) is 0 Å². The average Bonchev–Trinajstić information content (AvgIpc) is 2.33. The molecular formula is C11H9F7O5. The predicted molar refractivity (Wildman–Crippen MR) is 57.7 cm³/mol. The first-order chi connectivity index (χ1) is 10.1. The third kappa shape index (κ3) is 5.21. The standard InChI is InChI=1S/C11H9F7O5/c1-5(19)4-6(2-3-7(20)21)23-8(22)9(12,13)10(14,15)11(16,17)18/h4H,2-3H2,1H3,(H,20,21)/b6-4-. The first kappa shape index (κ1) is 20.9. The van der Waals surface area contributed by atoms with E-state index in [1.54, 1.807) is 0 Å². The van der Waals surface area contributed by atoms with Crippen LogP contribution in [0, 0.1) is 0 Å².